The standard InChI is InChI=1S/C18H19ClN4O4S/c1-27-22-15(14-10-28-17(21-14)20-11-24)16(25)23-8-6-18(26,7-9-23)12-2-4-13(19)5-3-12/h2-5,10-11,26H,6-9H2,1H3,(H,20,21,24)/b22-15+. The number of amides is 2. The number of hydrogen-bond acceptors (Lipinski definition) is 7. The first-order valence-electron chi connectivity index (χ1n) is 8.52. The average molecular weight is 423 g/mol. The second kappa shape index (κ2) is 8.68. The van der Waals surface area contributed by atoms with Crippen molar-refractivity contribution >= 4 is 46.1 Å². The number of anilines is 1. The van der Waals surface area contributed by atoms with Crippen molar-refractivity contribution in [2.24, 2.45) is 5.16 Å². The summed E-state index contributed by atoms with van der Waals surface area (Å²) in [5, 5.41) is 19.8. The molecule has 8 nitrogen and oxygen atoms in total. The van der Waals surface area contributed by atoms with Gasteiger partial charge in [-0.3, -0.25) is 9.59 Å². The second-order valence-electron chi connectivity index (χ2n) is 6.25. The normalized spacial score (nSPS) is 16.5. The van der Waals surface area contributed by atoms with E-state index >= 15 is 0 Å². The SMILES string of the molecule is CO/N=C(/C(=O)N1CCC(O)(c2ccc(Cl)cc2)CC1)c1csc(NC=O)n1. The van der Waals surface area contributed by atoms with Gasteiger partial charge in [-0.1, -0.05) is 28.9 Å². The Labute approximate surface area is 170 Å². The van der Waals surface area contributed by atoms with Gasteiger partial charge in [-0.15, -0.1) is 11.3 Å². The largest absolute Gasteiger partial charge is 0.398 e. The van der Waals surface area contributed by atoms with Crippen molar-refractivity contribution in [2.45, 2.75) is 18.4 Å². The molecule has 0 spiro atoms. The fourth-order valence-corrected chi connectivity index (χ4v) is 3.84. The van der Waals surface area contributed by atoms with Crippen LogP contribution in [0.3, 0.4) is 0 Å². The van der Waals surface area contributed by atoms with Crippen LogP contribution in [0.1, 0.15) is 24.1 Å². The van der Waals surface area contributed by atoms with Crippen molar-refractivity contribution in [1.29, 1.82) is 0 Å². The maximum absolute atomic E-state index is 12.9. The summed E-state index contributed by atoms with van der Waals surface area (Å²) >= 11 is 7.10. The van der Waals surface area contributed by atoms with Gasteiger partial charge in [0.1, 0.15) is 12.8 Å². The van der Waals surface area contributed by atoms with E-state index in [9.17, 15) is 14.7 Å². The molecule has 1 aliphatic rings. The molecule has 0 atom stereocenters. The Kier molecular flexibility index (Phi) is 6.28. The lowest BCUT2D eigenvalue weighted by atomic mass is 9.84. The highest BCUT2D eigenvalue weighted by Gasteiger charge is 2.37. The molecule has 1 saturated heterocycles. The van der Waals surface area contributed by atoms with E-state index in [0.717, 1.165) is 5.56 Å². The van der Waals surface area contributed by atoms with Gasteiger partial charge in [0.2, 0.25) is 6.41 Å². The van der Waals surface area contributed by atoms with Crippen LogP contribution in [-0.4, -0.2) is 53.2 Å². The van der Waals surface area contributed by atoms with Crippen LogP contribution in [0, 0.1) is 0 Å². The van der Waals surface area contributed by atoms with Crippen LogP contribution in [0.15, 0.2) is 34.8 Å². The number of nitrogens with one attached hydrogen (secondary N) is 1. The molecule has 1 aromatic carbocycles. The van der Waals surface area contributed by atoms with Crippen LogP contribution in [0.25, 0.3) is 0 Å². The van der Waals surface area contributed by atoms with Gasteiger partial charge in [-0.05, 0) is 30.5 Å². The van der Waals surface area contributed by atoms with Gasteiger partial charge in [0.05, 0.1) is 5.60 Å². The highest BCUT2D eigenvalue weighted by molar-refractivity contribution is 7.14. The van der Waals surface area contributed by atoms with Crippen LogP contribution >= 0.6 is 22.9 Å². The Hall–Kier alpha value is -2.49. The lowest BCUT2D eigenvalue weighted by Crippen LogP contribution is -2.47. The van der Waals surface area contributed by atoms with Crippen LogP contribution < -0.4 is 5.32 Å². The Bertz CT molecular complexity index is 876. The third-order valence-corrected chi connectivity index (χ3v) is 5.60. The first-order valence-corrected chi connectivity index (χ1v) is 9.77. The second-order valence-corrected chi connectivity index (χ2v) is 7.55. The van der Waals surface area contributed by atoms with Crippen molar-refractivity contribution in [2.75, 3.05) is 25.5 Å². The molecule has 0 aliphatic carbocycles. The number of piperidine rings is 1. The maximum Gasteiger partial charge on any atom is 0.278 e. The molecule has 0 unspecified atom stereocenters. The number of rotatable bonds is 6. The summed E-state index contributed by atoms with van der Waals surface area (Å²) < 4.78 is 0. The monoisotopic (exact) mass is 422 g/mol. The van der Waals surface area contributed by atoms with Crippen LogP contribution in [-0.2, 0) is 20.0 Å². The van der Waals surface area contributed by atoms with E-state index in [0.29, 0.717) is 48.2 Å². The molecule has 1 aliphatic heterocycles. The van der Waals surface area contributed by atoms with Crippen molar-refractivity contribution in [3.05, 3.63) is 45.9 Å². The summed E-state index contributed by atoms with van der Waals surface area (Å²) in [6, 6.07) is 7.08. The number of benzene rings is 1. The number of carbonyl (C=O) groups is 2. The number of halogens is 1. The number of aliphatic hydroxyl groups is 1. The van der Waals surface area contributed by atoms with Crippen LogP contribution in [0.5, 0.6) is 0 Å². The van der Waals surface area contributed by atoms with Crippen molar-refractivity contribution in [3.8, 4) is 0 Å². The van der Waals surface area contributed by atoms with Gasteiger partial charge in [0, 0.05) is 23.5 Å². The van der Waals surface area contributed by atoms with Gasteiger partial charge >= 0.3 is 0 Å². The number of hydrogen-bond donors (Lipinski definition) is 2. The Morgan fingerprint density at radius 3 is 2.68 bits per heavy atom. The Morgan fingerprint density at radius 2 is 2.07 bits per heavy atom. The molecular formula is C18H19ClN4O4S. The molecule has 2 aromatic rings. The minimum absolute atomic E-state index is 0.0506. The zero-order valence-corrected chi connectivity index (χ0v) is 16.7. The summed E-state index contributed by atoms with van der Waals surface area (Å²) in [5.41, 5.74) is 0.134. The topological polar surface area (TPSA) is 104 Å². The van der Waals surface area contributed by atoms with E-state index < -0.39 is 5.60 Å². The minimum atomic E-state index is -1.01. The molecule has 0 bridgehead atoms. The molecule has 1 aromatic heterocycles. The van der Waals surface area contributed by atoms with Crippen molar-refractivity contribution in [1.82, 2.24) is 9.88 Å². The van der Waals surface area contributed by atoms with Gasteiger partial charge in [0.15, 0.2) is 10.8 Å². The molecule has 0 radical (unpaired) electrons. The lowest BCUT2D eigenvalue weighted by Gasteiger charge is -2.38. The number of aromatic nitrogens is 1. The number of carbonyl (C=O) groups excluding carboxylic acids is 2. The molecule has 10 heteroatoms. The van der Waals surface area contributed by atoms with Gasteiger partial charge in [-0.25, -0.2) is 4.98 Å². The van der Waals surface area contributed by atoms with E-state index in [4.69, 9.17) is 16.4 Å². The molecule has 3 rings (SSSR count). The van der Waals surface area contributed by atoms with Gasteiger partial charge < -0.3 is 20.2 Å². The van der Waals surface area contributed by atoms with E-state index in [1.807, 2.05) is 0 Å². The summed E-state index contributed by atoms with van der Waals surface area (Å²) in [7, 11) is 1.35. The third-order valence-electron chi connectivity index (χ3n) is 4.57. The van der Waals surface area contributed by atoms with Gasteiger partial charge in [0.25, 0.3) is 5.91 Å². The number of thiazole rings is 1. The first kappa shape index (κ1) is 20.2. The van der Waals surface area contributed by atoms with Crippen LogP contribution in [0.2, 0.25) is 5.02 Å². The van der Waals surface area contributed by atoms with Crippen molar-refractivity contribution in [3.63, 3.8) is 0 Å². The Morgan fingerprint density at radius 1 is 1.39 bits per heavy atom. The zero-order chi connectivity index (χ0) is 20.1. The smallest absolute Gasteiger partial charge is 0.278 e. The molecule has 2 N–H and O–H groups in total. The fourth-order valence-electron chi connectivity index (χ4n) is 3.06. The molecule has 2 heterocycles. The summed E-state index contributed by atoms with van der Waals surface area (Å²) in [6.07, 6.45) is 1.28. The van der Waals surface area contributed by atoms with Crippen LogP contribution in [0.4, 0.5) is 5.13 Å². The Balaban J connectivity index is 1.72. The lowest BCUT2D eigenvalue weighted by molar-refractivity contribution is -0.128. The third kappa shape index (κ3) is 4.32. The quantitative estimate of drug-likeness (QED) is 0.422. The van der Waals surface area contributed by atoms with E-state index in [2.05, 4.69) is 15.5 Å². The van der Waals surface area contributed by atoms with E-state index in [1.165, 1.54) is 18.4 Å². The fraction of sp³-hybridized carbons (Fsp3) is 0.333. The molecule has 28 heavy (non-hydrogen) atoms. The molecule has 148 valence electrons. The summed E-state index contributed by atoms with van der Waals surface area (Å²) in [6.45, 7) is 0.703. The molecule has 2 amide bonds. The summed E-state index contributed by atoms with van der Waals surface area (Å²) in [5.74, 6) is -0.344. The predicted molar refractivity (Wildman–Crippen MR) is 107 cm³/mol. The first-order chi connectivity index (χ1) is 13.5. The van der Waals surface area contributed by atoms with Crippen molar-refractivity contribution < 1.29 is 19.5 Å². The van der Waals surface area contributed by atoms with Gasteiger partial charge in [-0.2, -0.15) is 0 Å². The summed E-state index contributed by atoms with van der Waals surface area (Å²) in [4.78, 5) is 34.1. The highest BCUT2D eigenvalue weighted by Crippen LogP contribution is 2.33. The minimum Gasteiger partial charge on any atom is -0.398 e. The van der Waals surface area contributed by atoms with E-state index in [1.54, 1.807) is 34.5 Å². The number of oxime groups is 1. The molecule has 0 saturated carbocycles. The zero-order valence-electron chi connectivity index (χ0n) is 15.1. The number of likely N-dealkylation sites (tertiary alicyclic amines) is 1. The highest BCUT2D eigenvalue weighted by atomic mass is 35.5. The number of nitrogens with zero attached hydrogens (tertiary/aromatic N) is 3. The molecular weight excluding hydrogens is 404 g/mol. The maximum atomic E-state index is 12.9. The van der Waals surface area contributed by atoms with E-state index in [-0.39, 0.29) is 11.6 Å². The molecule has 1 fully saturated rings. The predicted octanol–water partition coefficient (Wildman–Crippen LogP) is 2.23. The average Bonchev–Trinajstić information content (AvgIpc) is 3.15.